The molecule has 10 heteroatoms. The fourth-order valence-corrected chi connectivity index (χ4v) is 2.02. The number of anilines is 2. The van der Waals surface area contributed by atoms with Gasteiger partial charge in [-0.05, 0) is 18.2 Å². The first-order valence-electron chi connectivity index (χ1n) is 6.37. The molecule has 116 valence electrons. The summed E-state index contributed by atoms with van der Waals surface area (Å²) in [5.41, 5.74) is 2.25. The molecule has 1 N–H and O–H groups in total. The van der Waals surface area contributed by atoms with Gasteiger partial charge in [-0.25, -0.2) is 4.79 Å². The van der Waals surface area contributed by atoms with Gasteiger partial charge in [0.25, 0.3) is 5.69 Å². The Balaban J connectivity index is 1.85. The number of urea groups is 1. The summed E-state index contributed by atoms with van der Waals surface area (Å²) in [6.07, 6.45) is 0. The quantitative estimate of drug-likeness (QED) is 0.514. The van der Waals surface area contributed by atoms with Crippen molar-refractivity contribution in [2.45, 2.75) is 0 Å². The maximum Gasteiger partial charge on any atom is 0.384 e. The SMILES string of the molecule is O=C1N(Nc2ccc([N+](=O)[O-])cc2[N+](=O)[O-])N1c1ccccc1. The molecule has 2 aromatic carbocycles. The number of non-ortho nitro benzene ring substituents is 1. The van der Waals surface area contributed by atoms with Crippen LogP contribution in [0.3, 0.4) is 0 Å². The maximum atomic E-state index is 11.8. The summed E-state index contributed by atoms with van der Waals surface area (Å²) in [6.45, 7) is 0. The van der Waals surface area contributed by atoms with Crippen molar-refractivity contribution in [3.8, 4) is 0 Å². The molecule has 1 aliphatic rings. The molecule has 23 heavy (non-hydrogen) atoms. The lowest BCUT2D eigenvalue weighted by Gasteiger charge is -2.07. The fraction of sp³-hybridized carbons (Fsp3) is 0. The first kappa shape index (κ1) is 14.3. The number of rotatable bonds is 5. The average molecular weight is 315 g/mol. The summed E-state index contributed by atoms with van der Waals surface area (Å²) in [5.74, 6) is 0. The summed E-state index contributed by atoms with van der Waals surface area (Å²) >= 11 is 0. The predicted molar refractivity (Wildman–Crippen MR) is 79.5 cm³/mol. The van der Waals surface area contributed by atoms with Gasteiger partial charge >= 0.3 is 11.7 Å². The molecular weight excluding hydrogens is 306 g/mol. The standard InChI is InChI=1S/C13H9N5O5/c19-13-15(9-4-2-1-3-5-9)16(13)14-11-7-6-10(17(20)21)8-12(11)18(22)23/h1-8,14H. The number of hydrogen-bond donors (Lipinski definition) is 1. The van der Waals surface area contributed by atoms with Gasteiger partial charge in [0.2, 0.25) is 0 Å². The second-order valence-corrected chi connectivity index (χ2v) is 4.57. The van der Waals surface area contributed by atoms with E-state index in [1.807, 2.05) is 0 Å². The first-order chi connectivity index (χ1) is 11.0. The van der Waals surface area contributed by atoms with Crippen LogP contribution in [-0.4, -0.2) is 21.0 Å². The molecule has 0 saturated carbocycles. The third-order valence-corrected chi connectivity index (χ3v) is 3.14. The number of para-hydroxylation sites is 1. The molecule has 0 radical (unpaired) electrons. The van der Waals surface area contributed by atoms with Gasteiger partial charge in [-0.3, -0.25) is 25.7 Å². The van der Waals surface area contributed by atoms with Gasteiger partial charge in [0, 0.05) is 6.07 Å². The number of nitro benzene ring substituents is 2. The minimum Gasteiger partial charge on any atom is -0.268 e. The van der Waals surface area contributed by atoms with Crippen LogP contribution in [0.15, 0.2) is 48.5 Å². The van der Waals surface area contributed by atoms with Crippen LogP contribution in [-0.2, 0) is 0 Å². The lowest BCUT2D eigenvalue weighted by molar-refractivity contribution is -0.393. The molecule has 1 fully saturated rings. The Kier molecular flexibility index (Phi) is 3.26. The number of benzene rings is 2. The van der Waals surface area contributed by atoms with Gasteiger partial charge in [0.15, 0.2) is 0 Å². The minimum atomic E-state index is -0.754. The summed E-state index contributed by atoms with van der Waals surface area (Å²) in [4.78, 5) is 32.1. The molecule has 1 heterocycles. The van der Waals surface area contributed by atoms with Crippen LogP contribution < -0.4 is 10.4 Å². The number of amides is 2. The normalized spacial score (nSPS) is 13.0. The Hall–Kier alpha value is -3.69. The van der Waals surface area contributed by atoms with Gasteiger partial charge < -0.3 is 0 Å². The highest BCUT2D eigenvalue weighted by Crippen LogP contribution is 2.34. The van der Waals surface area contributed by atoms with Crippen molar-refractivity contribution in [1.29, 1.82) is 0 Å². The van der Waals surface area contributed by atoms with E-state index in [-0.39, 0.29) is 5.69 Å². The molecule has 2 amide bonds. The molecule has 0 aliphatic carbocycles. The van der Waals surface area contributed by atoms with Crippen LogP contribution in [0, 0.1) is 20.2 Å². The Morgan fingerprint density at radius 3 is 2.26 bits per heavy atom. The number of hydrogen-bond acceptors (Lipinski definition) is 6. The second kappa shape index (κ2) is 5.26. The highest BCUT2D eigenvalue weighted by atomic mass is 16.6. The highest BCUT2D eigenvalue weighted by Gasteiger charge is 2.45. The Labute approximate surface area is 128 Å². The van der Waals surface area contributed by atoms with E-state index in [0.29, 0.717) is 5.69 Å². The van der Waals surface area contributed by atoms with Crippen molar-refractivity contribution in [3.63, 3.8) is 0 Å². The summed E-state index contributed by atoms with van der Waals surface area (Å²) in [6, 6.07) is 11.4. The Morgan fingerprint density at radius 2 is 1.65 bits per heavy atom. The molecule has 1 aliphatic heterocycles. The van der Waals surface area contributed by atoms with E-state index in [4.69, 9.17) is 0 Å². The third kappa shape index (κ3) is 2.60. The average Bonchev–Trinajstić information content (AvgIpc) is 3.17. The molecular formula is C13H9N5O5. The van der Waals surface area contributed by atoms with Crippen LogP contribution in [0.4, 0.5) is 27.5 Å². The zero-order valence-electron chi connectivity index (χ0n) is 11.4. The van der Waals surface area contributed by atoms with Gasteiger partial charge in [-0.1, -0.05) is 18.2 Å². The monoisotopic (exact) mass is 315 g/mol. The highest BCUT2D eigenvalue weighted by molar-refractivity contribution is 6.06. The van der Waals surface area contributed by atoms with Crippen molar-refractivity contribution in [2.24, 2.45) is 0 Å². The fourth-order valence-electron chi connectivity index (χ4n) is 2.02. The number of carbonyl (C=O) groups excluding carboxylic acids is 1. The molecule has 10 nitrogen and oxygen atoms in total. The largest absolute Gasteiger partial charge is 0.384 e. The number of nitrogens with one attached hydrogen (secondary N) is 1. The van der Waals surface area contributed by atoms with Crippen molar-refractivity contribution < 1.29 is 14.6 Å². The lowest BCUT2D eigenvalue weighted by Crippen LogP contribution is -2.15. The van der Waals surface area contributed by atoms with E-state index in [9.17, 15) is 25.0 Å². The van der Waals surface area contributed by atoms with Gasteiger partial charge in [0.05, 0.1) is 21.6 Å². The molecule has 2 aromatic rings. The topological polar surface area (TPSA) is 121 Å². The molecule has 0 atom stereocenters. The van der Waals surface area contributed by atoms with Crippen LogP contribution in [0.1, 0.15) is 0 Å². The summed E-state index contributed by atoms with van der Waals surface area (Å²) < 4.78 is 0. The number of hydrazine groups is 2. The molecule has 1 saturated heterocycles. The van der Waals surface area contributed by atoms with Crippen LogP contribution in [0.25, 0.3) is 0 Å². The van der Waals surface area contributed by atoms with E-state index in [2.05, 4.69) is 5.43 Å². The lowest BCUT2D eigenvalue weighted by atomic mass is 10.2. The van der Waals surface area contributed by atoms with E-state index in [1.165, 1.54) is 11.1 Å². The molecule has 0 unspecified atom stereocenters. The van der Waals surface area contributed by atoms with Crippen LogP contribution in [0.2, 0.25) is 0 Å². The maximum absolute atomic E-state index is 11.8. The number of nitrogens with zero attached hydrogens (tertiary/aromatic N) is 4. The predicted octanol–water partition coefficient (Wildman–Crippen LogP) is 2.69. The number of carbonyl (C=O) groups is 1. The van der Waals surface area contributed by atoms with E-state index in [0.717, 1.165) is 17.3 Å². The van der Waals surface area contributed by atoms with Crippen LogP contribution >= 0.6 is 0 Å². The van der Waals surface area contributed by atoms with E-state index < -0.39 is 27.3 Å². The molecule has 0 spiro atoms. The first-order valence-corrected chi connectivity index (χ1v) is 6.37. The van der Waals surface area contributed by atoms with Crippen molar-refractivity contribution >= 4 is 28.8 Å². The van der Waals surface area contributed by atoms with Gasteiger partial charge in [-0.15, -0.1) is 5.12 Å². The minimum absolute atomic E-state index is 0.0209. The van der Waals surface area contributed by atoms with Gasteiger partial charge in [-0.2, -0.15) is 5.01 Å². The zero-order valence-corrected chi connectivity index (χ0v) is 11.4. The molecule has 3 rings (SSSR count). The second-order valence-electron chi connectivity index (χ2n) is 4.57. The Morgan fingerprint density at radius 1 is 0.957 bits per heavy atom. The summed E-state index contributed by atoms with van der Waals surface area (Å²) in [7, 11) is 0. The smallest absolute Gasteiger partial charge is 0.268 e. The van der Waals surface area contributed by atoms with Gasteiger partial charge in [0.1, 0.15) is 5.69 Å². The zero-order chi connectivity index (χ0) is 16.6. The summed E-state index contributed by atoms with van der Waals surface area (Å²) in [5, 5.41) is 24.1. The van der Waals surface area contributed by atoms with E-state index >= 15 is 0 Å². The van der Waals surface area contributed by atoms with Crippen molar-refractivity contribution in [2.75, 3.05) is 10.4 Å². The van der Waals surface area contributed by atoms with Crippen molar-refractivity contribution in [1.82, 2.24) is 5.12 Å². The van der Waals surface area contributed by atoms with E-state index in [1.54, 1.807) is 30.3 Å². The molecule has 0 bridgehead atoms. The van der Waals surface area contributed by atoms with Crippen LogP contribution in [0.5, 0.6) is 0 Å². The Bertz CT molecular complexity index is 810. The third-order valence-electron chi connectivity index (χ3n) is 3.14. The molecule has 0 aromatic heterocycles. The van der Waals surface area contributed by atoms with Crippen molar-refractivity contribution in [3.05, 3.63) is 68.8 Å². The number of nitro groups is 2.